The third kappa shape index (κ3) is 3.51. The van der Waals surface area contributed by atoms with Gasteiger partial charge in [-0.25, -0.2) is 0 Å². The number of carbonyl (C=O) groups is 1. The third-order valence-corrected chi connectivity index (χ3v) is 5.02. The topological polar surface area (TPSA) is 58.4 Å². The Hall–Kier alpha value is -2.14. The number of aromatic nitrogens is 2. The van der Waals surface area contributed by atoms with Gasteiger partial charge in [-0.05, 0) is 32.3 Å². The second kappa shape index (κ2) is 6.77. The molecule has 128 valence electrons. The van der Waals surface area contributed by atoms with E-state index in [1.807, 2.05) is 36.9 Å². The number of aliphatic hydroxyl groups is 1. The van der Waals surface area contributed by atoms with Gasteiger partial charge in [0.2, 0.25) is 0 Å². The van der Waals surface area contributed by atoms with Crippen molar-refractivity contribution in [1.82, 2.24) is 14.7 Å². The summed E-state index contributed by atoms with van der Waals surface area (Å²) in [6, 6.07) is 10.2. The summed E-state index contributed by atoms with van der Waals surface area (Å²) in [5, 5.41) is 14.9. The van der Waals surface area contributed by atoms with Crippen molar-refractivity contribution in [3.05, 3.63) is 53.9 Å². The first kappa shape index (κ1) is 16.7. The molecule has 1 aliphatic heterocycles. The number of hydrogen-bond donors (Lipinski definition) is 1. The van der Waals surface area contributed by atoms with E-state index in [2.05, 4.69) is 17.2 Å². The van der Waals surface area contributed by atoms with Crippen molar-refractivity contribution in [3.8, 4) is 0 Å². The molecule has 2 aromatic rings. The van der Waals surface area contributed by atoms with Gasteiger partial charge in [0.15, 0.2) is 0 Å². The minimum Gasteiger partial charge on any atom is -0.390 e. The standard InChI is InChI=1S/C19H25N3O2/c1-3-22-13-16(12-20-22)18(23)21-10-9-19(2,24)17(14-21)11-15-7-5-4-6-8-15/h4-8,12-13,17,24H,3,9-11,14H2,1-2H3/t17-,19+/m0/s1. The molecule has 0 aliphatic carbocycles. The lowest BCUT2D eigenvalue weighted by Gasteiger charge is -2.42. The summed E-state index contributed by atoms with van der Waals surface area (Å²) in [6.45, 7) is 5.78. The van der Waals surface area contributed by atoms with Crippen molar-refractivity contribution in [1.29, 1.82) is 0 Å². The molecular formula is C19H25N3O2. The molecule has 2 atom stereocenters. The highest BCUT2D eigenvalue weighted by Crippen LogP contribution is 2.31. The summed E-state index contributed by atoms with van der Waals surface area (Å²) in [5.41, 5.74) is 1.06. The second-order valence-corrected chi connectivity index (χ2v) is 6.83. The van der Waals surface area contributed by atoms with E-state index in [1.54, 1.807) is 17.1 Å². The Labute approximate surface area is 142 Å². The number of carbonyl (C=O) groups excluding carboxylic acids is 1. The molecule has 1 fully saturated rings. The maximum atomic E-state index is 12.7. The quantitative estimate of drug-likeness (QED) is 0.938. The summed E-state index contributed by atoms with van der Waals surface area (Å²) in [7, 11) is 0. The van der Waals surface area contributed by atoms with Crippen LogP contribution in [0.2, 0.25) is 0 Å². The van der Waals surface area contributed by atoms with Crippen molar-refractivity contribution in [2.24, 2.45) is 5.92 Å². The lowest BCUT2D eigenvalue weighted by Crippen LogP contribution is -2.52. The van der Waals surface area contributed by atoms with Crippen LogP contribution in [0, 0.1) is 5.92 Å². The average molecular weight is 327 g/mol. The zero-order valence-electron chi connectivity index (χ0n) is 14.4. The fraction of sp³-hybridized carbons (Fsp3) is 0.474. The molecule has 3 rings (SSSR count). The van der Waals surface area contributed by atoms with Crippen LogP contribution in [0.15, 0.2) is 42.7 Å². The highest BCUT2D eigenvalue weighted by atomic mass is 16.3. The molecule has 0 radical (unpaired) electrons. The van der Waals surface area contributed by atoms with Crippen molar-refractivity contribution < 1.29 is 9.90 Å². The number of aryl methyl sites for hydroxylation is 1. The summed E-state index contributed by atoms with van der Waals surface area (Å²) in [4.78, 5) is 14.6. The smallest absolute Gasteiger partial charge is 0.257 e. The van der Waals surface area contributed by atoms with Crippen LogP contribution in [0.25, 0.3) is 0 Å². The molecular weight excluding hydrogens is 302 g/mol. The highest BCUT2D eigenvalue weighted by Gasteiger charge is 2.39. The molecule has 24 heavy (non-hydrogen) atoms. The van der Waals surface area contributed by atoms with Crippen LogP contribution < -0.4 is 0 Å². The first-order chi connectivity index (χ1) is 11.5. The lowest BCUT2D eigenvalue weighted by molar-refractivity contribution is -0.0507. The molecule has 0 unspecified atom stereocenters. The van der Waals surface area contributed by atoms with Crippen LogP contribution in [0.4, 0.5) is 0 Å². The monoisotopic (exact) mass is 327 g/mol. The molecule has 0 spiro atoms. The Bertz CT molecular complexity index is 694. The van der Waals surface area contributed by atoms with E-state index in [-0.39, 0.29) is 11.8 Å². The first-order valence-electron chi connectivity index (χ1n) is 8.57. The van der Waals surface area contributed by atoms with Gasteiger partial charge in [-0.3, -0.25) is 9.48 Å². The predicted octanol–water partition coefficient (Wildman–Crippen LogP) is 2.36. The molecule has 5 nitrogen and oxygen atoms in total. The number of amides is 1. The Morgan fingerprint density at radius 1 is 1.38 bits per heavy atom. The van der Waals surface area contributed by atoms with E-state index in [1.165, 1.54) is 5.56 Å². The minimum absolute atomic E-state index is 0.00302. The number of rotatable bonds is 4. The number of likely N-dealkylation sites (tertiary alicyclic amines) is 1. The van der Waals surface area contributed by atoms with Crippen LogP contribution in [0.3, 0.4) is 0 Å². The zero-order chi connectivity index (χ0) is 17.2. The SMILES string of the molecule is CCn1cc(C(=O)N2CC[C@@](C)(O)[C@@H](Cc3ccccc3)C2)cn1. The maximum absolute atomic E-state index is 12.7. The Kier molecular flexibility index (Phi) is 4.71. The van der Waals surface area contributed by atoms with Crippen LogP contribution in [-0.2, 0) is 13.0 Å². The largest absolute Gasteiger partial charge is 0.390 e. The van der Waals surface area contributed by atoms with Crippen LogP contribution in [0.1, 0.15) is 36.2 Å². The molecule has 0 saturated carbocycles. The molecule has 1 aromatic carbocycles. The van der Waals surface area contributed by atoms with E-state index >= 15 is 0 Å². The molecule has 1 aliphatic rings. The molecule has 1 saturated heterocycles. The Morgan fingerprint density at radius 3 is 2.79 bits per heavy atom. The van der Waals surface area contributed by atoms with Gasteiger partial charge < -0.3 is 10.0 Å². The summed E-state index contributed by atoms with van der Waals surface area (Å²) < 4.78 is 1.76. The predicted molar refractivity (Wildman–Crippen MR) is 92.7 cm³/mol. The molecule has 0 bridgehead atoms. The second-order valence-electron chi connectivity index (χ2n) is 6.83. The maximum Gasteiger partial charge on any atom is 0.257 e. The first-order valence-corrected chi connectivity index (χ1v) is 8.57. The summed E-state index contributed by atoms with van der Waals surface area (Å²) in [6.07, 6.45) is 4.79. The average Bonchev–Trinajstić information content (AvgIpc) is 3.06. The van der Waals surface area contributed by atoms with E-state index < -0.39 is 5.60 Å². The number of hydrogen-bond acceptors (Lipinski definition) is 3. The zero-order valence-corrected chi connectivity index (χ0v) is 14.4. The van der Waals surface area contributed by atoms with Gasteiger partial charge in [-0.15, -0.1) is 0 Å². The Balaban J connectivity index is 1.73. The minimum atomic E-state index is -0.750. The van der Waals surface area contributed by atoms with Crippen LogP contribution in [-0.4, -0.2) is 44.4 Å². The molecule has 2 heterocycles. The fourth-order valence-corrected chi connectivity index (χ4v) is 3.32. The molecule has 5 heteroatoms. The van der Waals surface area contributed by atoms with Gasteiger partial charge in [-0.1, -0.05) is 30.3 Å². The van der Waals surface area contributed by atoms with E-state index in [0.717, 1.165) is 13.0 Å². The fourth-order valence-electron chi connectivity index (χ4n) is 3.32. The van der Waals surface area contributed by atoms with Crippen LogP contribution >= 0.6 is 0 Å². The normalized spacial score (nSPS) is 24.1. The molecule has 1 amide bonds. The third-order valence-electron chi connectivity index (χ3n) is 5.02. The lowest BCUT2D eigenvalue weighted by atomic mass is 9.78. The van der Waals surface area contributed by atoms with Crippen molar-refractivity contribution in [3.63, 3.8) is 0 Å². The number of piperidine rings is 1. The van der Waals surface area contributed by atoms with Crippen molar-refractivity contribution in [2.45, 2.75) is 38.8 Å². The van der Waals surface area contributed by atoms with Crippen LogP contribution in [0.5, 0.6) is 0 Å². The van der Waals surface area contributed by atoms with Gasteiger partial charge in [0.25, 0.3) is 5.91 Å². The van der Waals surface area contributed by atoms with Crippen molar-refractivity contribution in [2.75, 3.05) is 13.1 Å². The van der Waals surface area contributed by atoms with Gasteiger partial charge in [-0.2, -0.15) is 5.10 Å². The number of benzene rings is 1. The summed E-state index contributed by atoms with van der Waals surface area (Å²) >= 11 is 0. The van der Waals surface area contributed by atoms with E-state index in [0.29, 0.717) is 25.1 Å². The van der Waals surface area contributed by atoms with Gasteiger partial charge in [0, 0.05) is 31.7 Å². The van der Waals surface area contributed by atoms with E-state index in [4.69, 9.17) is 0 Å². The molecule has 1 aromatic heterocycles. The summed E-state index contributed by atoms with van der Waals surface area (Å²) in [5.74, 6) is 0.0297. The Morgan fingerprint density at radius 2 is 2.12 bits per heavy atom. The van der Waals surface area contributed by atoms with Gasteiger partial charge in [0.05, 0.1) is 17.4 Å². The molecule has 1 N–H and O–H groups in total. The van der Waals surface area contributed by atoms with Crippen molar-refractivity contribution >= 4 is 5.91 Å². The van der Waals surface area contributed by atoms with E-state index in [9.17, 15) is 9.90 Å². The highest BCUT2D eigenvalue weighted by molar-refractivity contribution is 5.93. The van der Waals surface area contributed by atoms with Gasteiger partial charge >= 0.3 is 0 Å². The number of nitrogens with zero attached hydrogens (tertiary/aromatic N) is 3. The van der Waals surface area contributed by atoms with Gasteiger partial charge in [0.1, 0.15) is 0 Å².